The fourth-order valence-electron chi connectivity index (χ4n) is 2.81. The van der Waals surface area contributed by atoms with Gasteiger partial charge in [0.15, 0.2) is 0 Å². The normalized spacial score (nSPS) is 18.7. The molecule has 1 heterocycles. The summed E-state index contributed by atoms with van der Waals surface area (Å²) in [6.45, 7) is 6.58. The van der Waals surface area contributed by atoms with Crippen LogP contribution in [0.3, 0.4) is 0 Å². The number of likely N-dealkylation sites (tertiary alicyclic amines) is 1. The highest BCUT2D eigenvalue weighted by atomic mass is 16.3. The molecule has 2 rings (SSSR count). The van der Waals surface area contributed by atoms with Gasteiger partial charge in [-0.15, -0.1) is 0 Å². The molecule has 0 saturated carbocycles. The van der Waals surface area contributed by atoms with Gasteiger partial charge in [-0.05, 0) is 57.9 Å². The lowest BCUT2D eigenvalue weighted by Gasteiger charge is -2.25. The first-order valence-corrected chi connectivity index (χ1v) is 7.89. The summed E-state index contributed by atoms with van der Waals surface area (Å²) in [5.41, 5.74) is 0.694. The molecule has 23 heavy (non-hydrogen) atoms. The molecule has 1 saturated heterocycles. The van der Waals surface area contributed by atoms with Gasteiger partial charge < -0.3 is 10.4 Å². The van der Waals surface area contributed by atoms with Crippen LogP contribution in [0.2, 0.25) is 0 Å². The molecule has 1 aliphatic heterocycles. The number of hydrogen-bond acceptors (Lipinski definition) is 4. The van der Waals surface area contributed by atoms with Gasteiger partial charge in [0.2, 0.25) is 5.91 Å². The Kier molecular flexibility index (Phi) is 5.26. The quantitative estimate of drug-likeness (QED) is 0.797. The van der Waals surface area contributed by atoms with Gasteiger partial charge in [0.25, 0.3) is 0 Å². The number of imide groups is 1. The SMILES string of the molecule is CC(C)(C)NC(=O)NC(=O)CN1CCCC1c1ccc(O)cc1. The van der Waals surface area contributed by atoms with Gasteiger partial charge in [0.1, 0.15) is 5.75 Å². The fourth-order valence-corrected chi connectivity index (χ4v) is 2.81. The fraction of sp³-hybridized carbons (Fsp3) is 0.529. The molecule has 0 aromatic heterocycles. The minimum Gasteiger partial charge on any atom is -0.508 e. The van der Waals surface area contributed by atoms with Crippen molar-refractivity contribution in [1.82, 2.24) is 15.5 Å². The van der Waals surface area contributed by atoms with E-state index in [-0.39, 0.29) is 29.8 Å². The van der Waals surface area contributed by atoms with E-state index in [1.54, 1.807) is 12.1 Å². The van der Waals surface area contributed by atoms with Crippen molar-refractivity contribution < 1.29 is 14.7 Å². The molecule has 126 valence electrons. The summed E-state index contributed by atoms with van der Waals surface area (Å²) < 4.78 is 0. The molecule has 1 aromatic carbocycles. The van der Waals surface area contributed by atoms with Crippen molar-refractivity contribution in [3.05, 3.63) is 29.8 Å². The first-order chi connectivity index (χ1) is 10.7. The zero-order valence-electron chi connectivity index (χ0n) is 13.9. The number of phenols is 1. The van der Waals surface area contributed by atoms with Gasteiger partial charge in [-0.1, -0.05) is 12.1 Å². The molecule has 0 bridgehead atoms. The largest absolute Gasteiger partial charge is 0.508 e. The molecule has 1 unspecified atom stereocenters. The van der Waals surface area contributed by atoms with E-state index in [1.165, 1.54) is 0 Å². The Labute approximate surface area is 136 Å². The van der Waals surface area contributed by atoms with Crippen LogP contribution in [0.4, 0.5) is 4.79 Å². The maximum atomic E-state index is 12.1. The van der Waals surface area contributed by atoms with Crippen LogP contribution >= 0.6 is 0 Å². The Balaban J connectivity index is 1.92. The molecule has 3 N–H and O–H groups in total. The molecule has 0 aliphatic carbocycles. The lowest BCUT2D eigenvalue weighted by atomic mass is 10.0. The van der Waals surface area contributed by atoms with E-state index >= 15 is 0 Å². The number of hydrogen-bond donors (Lipinski definition) is 3. The Hall–Kier alpha value is -2.08. The molecular weight excluding hydrogens is 294 g/mol. The van der Waals surface area contributed by atoms with Crippen LogP contribution in [-0.4, -0.2) is 40.6 Å². The molecule has 1 fully saturated rings. The average molecular weight is 319 g/mol. The third kappa shape index (κ3) is 5.25. The second kappa shape index (κ2) is 7.00. The number of nitrogens with zero attached hydrogens (tertiary/aromatic N) is 1. The maximum absolute atomic E-state index is 12.1. The molecular formula is C17H25N3O3. The van der Waals surface area contributed by atoms with E-state index in [0.29, 0.717) is 0 Å². The molecule has 0 radical (unpaired) electrons. The maximum Gasteiger partial charge on any atom is 0.321 e. The Morgan fingerprint density at radius 2 is 1.91 bits per heavy atom. The third-order valence-electron chi connectivity index (χ3n) is 3.73. The number of rotatable bonds is 3. The van der Waals surface area contributed by atoms with Gasteiger partial charge in [0.05, 0.1) is 6.54 Å². The molecule has 6 nitrogen and oxygen atoms in total. The molecule has 3 amide bonds. The number of amides is 3. The molecule has 6 heteroatoms. The average Bonchev–Trinajstić information content (AvgIpc) is 2.85. The Morgan fingerprint density at radius 3 is 2.52 bits per heavy atom. The van der Waals surface area contributed by atoms with Crippen LogP contribution < -0.4 is 10.6 Å². The van der Waals surface area contributed by atoms with Crippen molar-refractivity contribution in [1.29, 1.82) is 0 Å². The van der Waals surface area contributed by atoms with E-state index in [4.69, 9.17) is 0 Å². The van der Waals surface area contributed by atoms with Crippen molar-refractivity contribution in [3.8, 4) is 5.75 Å². The summed E-state index contributed by atoms with van der Waals surface area (Å²) in [5, 5.41) is 14.5. The second-order valence-corrected chi connectivity index (χ2v) is 6.97. The second-order valence-electron chi connectivity index (χ2n) is 6.97. The van der Waals surface area contributed by atoms with Gasteiger partial charge >= 0.3 is 6.03 Å². The number of carbonyl (C=O) groups excluding carboxylic acids is 2. The number of aromatic hydroxyl groups is 1. The molecule has 0 spiro atoms. The lowest BCUT2D eigenvalue weighted by molar-refractivity contribution is -0.121. The molecule has 1 aliphatic rings. The van der Waals surface area contributed by atoms with Gasteiger partial charge in [0, 0.05) is 11.6 Å². The third-order valence-corrected chi connectivity index (χ3v) is 3.73. The standard InChI is InChI=1S/C17H25N3O3/c1-17(2,3)19-16(23)18-15(22)11-20-10-4-5-14(20)12-6-8-13(21)9-7-12/h6-9,14,21H,4-5,10-11H2,1-3H3,(H2,18,19,22,23). The minimum atomic E-state index is -0.470. The van der Waals surface area contributed by atoms with Gasteiger partial charge in [-0.25, -0.2) is 4.79 Å². The predicted molar refractivity (Wildman–Crippen MR) is 88.1 cm³/mol. The Morgan fingerprint density at radius 1 is 1.26 bits per heavy atom. The summed E-state index contributed by atoms with van der Waals surface area (Å²) in [6.07, 6.45) is 1.97. The highest BCUT2D eigenvalue weighted by Crippen LogP contribution is 2.32. The topological polar surface area (TPSA) is 81.7 Å². The summed E-state index contributed by atoms with van der Waals surface area (Å²) in [7, 11) is 0. The highest BCUT2D eigenvalue weighted by molar-refractivity contribution is 5.95. The van der Waals surface area contributed by atoms with E-state index in [1.807, 2.05) is 32.9 Å². The molecule has 1 aromatic rings. The van der Waals surface area contributed by atoms with Crippen LogP contribution in [0, 0.1) is 0 Å². The van der Waals surface area contributed by atoms with Crippen molar-refractivity contribution >= 4 is 11.9 Å². The minimum absolute atomic E-state index is 0.145. The number of carbonyl (C=O) groups is 2. The van der Waals surface area contributed by atoms with Crippen LogP contribution in [0.1, 0.15) is 45.2 Å². The number of nitrogens with one attached hydrogen (secondary N) is 2. The predicted octanol–water partition coefficient (Wildman–Crippen LogP) is 2.15. The number of benzene rings is 1. The zero-order valence-corrected chi connectivity index (χ0v) is 13.9. The van der Waals surface area contributed by atoms with E-state index in [9.17, 15) is 14.7 Å². The lowest BCUT2D eigenvalue weighted by Crippen LogP contribution is -2.50. The van der Waals surface area contributed by atoms with E-state index in [0.717, 1.165) is 24.9 Å². The van der Waals surface area contributed by atoms with Gasteiger partial charge in [-0.3, -0.25) is 15.0 Å². The van der Waals surface area contributed by atoms with E-state index < -0.39 is 6.03 Å². The summed E-state index contributed by atoms with van der Waals surface area (Å²) in [4.78, 5) is 25.9. The van der Waals surface area contributed by atoms with Crippen LogP contribution in [0.15, 0.2) is 24.3 Å². The van der Waals surface area contributed by atoms with Gasteiger partial charge in [-0.2, -0.15) is 0 Å². The van der Waals surface area contributed by atoms with E-state index in [2.05, 4.69) is 15.5 Å². The van der Waals surface area contributed by atoms with Crippen molar-refractivity contribution in [2.24, 2.45) is 0 Å². The summed E-state index contributed by atoms with van der Waals surface area (Å²) in [5.74, 6) is -0.0766. The molecule has 1 atom stereocenters. The van der Waals surface area contributed by atoms with Crippen molar-refractivity contribution in [2.75, 3.05) is 13.1 Å². The number of phenolic OH excluding ortho intramolecular Hbond substituents is 1. The highest BCUT2D eigenvalue weighted by Gasteiger charge is 2.28. The monoisotopic (exact) mass is 319 g/mol. The first-order valence-electron chi connectivity index (χ1n) is 7.89. The van der Waals surface area contributed by atoms with Crippen LogP contribution in [0.5, 0.6) is 5.75 Å². The smallest absolute Gasteiger partial charge is 0.321 e. The van der Waals surface area contributed by atoms with Crippen LogP contribution in [-0.2, 0) is 4.79 Å². The number of urea groups is 1. The first kappa shape index (κ1) is 17.3. The summed E-state index contributed by atoms with van der Waals surface area (Å²) >= 11 is 0. The zero-order chi connectivity index (χ0) is 17.0. The van der Waals surface area contributed by atoms with Crippen molar-refractivity contribution in [2.45, 2.75) is 45.2 Å². The van der Waals surface area contributed by atoms with Crippen LogP contribution in [0.25, 0.3) is 0 Å². The Bertz CT molecular complexity index is 563. The summed E-state index contributed by atoms with van der Waals surface area (Å²) in [6, 6.07) is 6.74. The van der Waals surface area contributed by atoms with Crippen molar-refractivity contribution in [3.63, 3.8) is 0 Å².